The smallest absolute Gasteiger partial charge is 0.126 e. The third-order valence-corrected chi connectivity index (χ3v) is 4.27. The molecule has 1 heterocycles. The van der Waals surface area contributed by atoms with Gasteiger partial charge in [-0.3, -0.25) is 0 Å². The van der Waals surface area contributed by atoms with Crippen molar-refractivity contribution in [2.75, 3.05) is 11.9 Å². The van der Waals surface area contributed by atoms with E-state index in [1.165, 1.54) is 6.42 Å². The SMILES string of the molecule is Cc1nc(NCC2CCCCC2O)ccc1Br. The van der Waals surface area contributed by atoms with Crippen LogP contribution in [0.3, 0.4) is 0 Å². The third kappa shape index (κ3) is 3.42. The molecular weight excluding hydrogens is 280 g/mol. The number of anilines is 1. The molecule has 1 aromatic rings. The van der Waals surface area contributed by atoms with Crippen LogP contribution in [0, 0.1) is 12.8 Å². The zero-order valence-electron chi connectivity index (χ0n) is 10.1. The van der Waals surface area contributed by atoms with Gasteiger partial charge in [-0.1, -0.05) is 12.8 Å². The minimum atomic E-state index is -0.146. The number of hydrogen-bond donors (Lipinski definition) is 2. The Morgan fingerprint density at radius 1 is 1.41 bits per heavy atom. The summed E-state index contributed by atoms with van der Waals surface area (Å²) in [6.45, 7) is 2.79. The lowest BCUT2D eigenvalue weighted by Crippen LogP contribution is -2.30. The molecular formula is C13H19BrN2O. The van der Waals surface area contributed by atoms with Gasteiger partial charge < -0.3 is 10.4 Å². The maximum absolute atomic E-state index is 9.88. The number of aryl methyl sites for hydroxylation is 1. The summed E-state index contributed by atoms with van der Waals surface area (Å²) < 4.78 is 1.03. The summed E-state index contributed by atoms with van der Waals surface area (Å²) in [6.07, 6.45) is 4.31. The van der Waals surface area contributed by atoms with Gasteiger partial charge in [-0.2, -0.15) is 0 Å². The number of aliphatic hydroxyl groups is 1. The van der Waals surface area contributed by atoms with E-state index in [-0.39, 0.29) is 6.10 Å². The van der Waals surface area contributed by atoms with Crippen molar-refractivity contribution in [3.63, 3.8) is 0 Å². The van der Waals surface area contributed by atoms with Gasteiger partial charge in [0.1, 0.15) is 5.82 Å². The summed E-state index contributed by atoms with van der Waals surface area (Å²) in [5, 5.41) is 13.2. The standard InChI is InChI=1S/C13H19BrN2O/c1-9-11(14)6-7-13(16-9)15-8-10-4-2-3-5-12(10)17/h6-7,10,12,17H,2-5,8H2,1H3,(H,15,16). The Morgan fingerprint density at radius 3 is 2.88 bits per heavy atom. The molecule has 0 aliphatic heterocycles. The molecule has 2 rings (SSSR count). The number of hydrogen-bond acceptors (Lipinski definition) is 3. The summed E-state index contributed by atoms with van der Waals surface area (Å²) in [4.78, 5) is 4.44. The zero-order valence-corrected chi connectivity index (χ0v) is 11.7. The van der Waals surface area contributed by atoms with Gasteiger partial charge >= 0.3 is 0 Å². The topological polar surface area (TPSA) is 45.2 Å². The molecule has 3 nitrogen and oxygen atoms in total. The van der Waals surface area contributed by atoms with Gasteiger partial charge in [0.25, 0.3) is 0 Å². The Hall–Kier alpha value is -0.610. The van der Waals surface area contributed by atoms with Gasteiger partial charge in [0, 0.05) is 16.9 Å². The normalized spacial score (nSPS) is 24.6. The zero-order chi connectivity index (χ0) is 12.3. The van der Waals surface area contributed by atoms with Crippen LogP contribution >= 0.6 is 15.9 Å². The van der Waals surface area contributed by atoms with Crippen LogP contribution in [-0.4, -0.2) is 22.7 Å². The van der Waals surface area contributed by atoms with Crippen LogP contribution in [-0.2, 0) is 0 Å². The summed E-state index contributed by atoms with van der Waals surface area (Å²) in [7, 11) is 0. The summed E-state index contributed by atoms with van der Waals surface area (Å²) in [6, 6.07) is 3.97. The number of nitrogens with zero attached hydrogens (tertiary/aromatic N) is 1. The number of halogens is 1. The Bertz CT molecular complexity index is 384. The van der Waals surface area contributed by atoms with Crippen LogP contribution < -0.4 is 5.32 Å². The fraction of sp³-hybridized carbons (Fsp3) is 0.615. The van der Waals surface area contributed by atoms with Gasteiger partial charge in [-0.25, -0.2) is 4.98 Å². The van der Waals surface area contributed by atoms with Crippen LogP contribution in [0.1, 0.15) is 31.4 Å². The van der Waals surface area contributed by atoms with Crippen molar-refractivity contribution >= 4 is 21.7 Å². The molecule has 1 saturated carbocycles. The number of aromatic nitrogens is 1. The minimum absolute atomic E-state index is 0.146. The lowest BCUT2D eigenvalue weighted by Gasteiger charge is -2.27. The lowest BCUT2D eigenvalue weighted by molar-refractivity contribution is 0.0763. The van der Waals surface area contributed by atoms with Crippen LogP contribution in [0.2, 0.25) is 0 Å². The lowest BCUT2D eigenvalue weighted by atomic mass is 9.86. The molecule has 0 amide bonds. The second-order valence-electron chi connectivity index (χ2n) is 4.76. The quantitative estimate of drug-likeness (QED) is 0.901. The molecule has 0 saturated heterocycles. The second-order valence-corrected chi connectivity index (χ2v) is 5.61. The van der Waals surface area contributed by atoms with E-state index in [2.05, 4.69) is 26.2 Å². The Balaban J connectivity index is 1.90. The Morgan fingerprint density at radius 2 is 2.18 bits per heavy atom. The molecule has 1 aliphatic carbocycles. The van der Waals surface area contributed by atoms with Crippen molar-refractivity contribution < 1.29 is 5.11 Å². The minimum Gasteiger partial charge on any atom is -0.393 e. The number of pyridine rings is 1. The Labute approximate surface area is 111 Å². The number of aliphatic hydroxyl groups excluding tert-OH is 1. The predicted octanol–water partition coefficient (Wildman–Crippen LogP) is 3.12. The second kappa shape index (κ2) is 5.83. The number of nitrogens with one attached hydrogen (secondary N) is 1. The molecule has 0 radical (unpaired) electrons. The van der Waals surface area contributed by atoms with Crippen LogP contribution in [0.4, 0.5) is 5.82 Å². The summed E-state index contributed by atoms with van der Waals surface area (Å²) in [5.74, 6) is 1.26. The molecule has 1 aromatic heterocycles. The van der Waals surface area contributed by atoms with Crippen LogP contribution in [0.5, 0.6) is 0 Å². The van der Waals surface area contributed by atoms with Crippen molar-refractivity contribution in [1.82, 2.24) is 4.98 Å². The largest absolute Gasteiger partial charge is 0.393 e. The van der Waals surface area contributed by atoms with Crippen LogP contribution in [0.15, 0.2) is 16.6 Å². The maximum Gasteiger partial charge on any atom is 0.126 e. The van der Waals surface area contributed by atoms with E-state index in [1.54, 1.807) is 0 Å². The highest BCUT2D eigenvalue weighted by molar-refractivity contribution is 9.10. The average molecular weight is 299 g/mol. The monoisotopic (exact) mass is 298 g/mol. The first-order valence-electron chi connectivity index (χ1n) is 6.22. The van der Waals surface area contributed by atoms with Crippen molar-refractivity contribution in [2.45, 2.75) is 38.7 Å². The van der Waals surface area contributed by atoms with E-state index in [1.807, 2.05) is 19.1 Å². The molecule has 0 aromatic carbocycles. The molecule has 2 N–H and O–H groups in total. The highest BCUT2D eigenvalue weighted by Gasteiger charge is 2.22. The summed E-state index contributed by atoms with van der Waals surface area (Å²) >= 11 is 3.44. The van der Waals surface area contributed by atoms with E-state index in [0.29, 0.717) is 5.92 Å². The van der Waals surface area contributed by atoms with Crippen molar-refractivity contribution in [2.24, 2.45) is 5.92 Å². The van der Waals surface area contributed by atoms with Crippen molar-refractivity contribution in [3.8, 4) is 0 Å². The molecule has 0 bridgehead atoms. The van der Waals surface area contributed by atoms with Gasteiger partial charge in [0.2, 0.25) is 0 Å². The molecule has 2 atom stereocenters. The maximum atomic E-state index is 9.88. The first-order chi connectivity index (χ1) is 8.16. The van der Waals surface area contributed by atoms with E-state index in [4.69, 9.17) is 0 Å². The molecule has 17 heavy (non-hydrogen) atoms. The third-order valence-electron chi connectivity index (χ3n) is 3.44. The molecule has 1 aliphatic rings. The molecule has 94 valence electrons. The summed E-state index contributed by atoms with van der Waals surface area (Å²) in [5.41, 5.74) is 0.985. The average Bonchev–Trinajstić information content (AvgIpc) is 2.32. The van der Waals surface area contributed by atoms with E-state index in [9.17, 15) is 5.11 Å². The Kier molecular flexibility index (Phi) is 4.40. The van der Waals surface area contributed by atoms with Gasteiger partial charge in [-0.15, -0.1) is 0 Å². The highest BCUT2D eigenvalue weighted by Crippen LogP contribution is 2.24. The van der Waals surface area contributed by atoms with Crippen molar-refractivity contribution in [1.29, 1.82) is 0 Å². The van der Waals surface area contributed by atoms with Gasteiger partial charge in [-0.05, 0) is 47.8 Å². The molecule has 4 heteroatoms. The number of rotatable bonds is 3. The fourth-order valence-corrected chi connectivity index (χ4v) is 2.53. The molecule has 1 fully saturated rings. The van der Waals surface area contributed by atoms with Crippen LogP contribution in [0.25, 0.3) is 0 Å². The van der Waals surface area contributed by atoms with E-state index in [0.717, 1.165) is 41.8 Å². The van der Waals surface area contributed by atoms with Gasteiger partial charge in [0.05, 0.1) is 11.8 Å². The molecule has 2 unspecified atom stereocenters. The van der Waals surface area contributed by atoms with Crippen molar-refractivity contribution in [3.05, 3.63) is 22.3 Å². The first-order valence-corrected chi connectivity index (χ1v) is 7.01. The van der Waals surface area contributed by atoms with E-state index >= 15 is 0 Å². The fourth-order valence-electron chi connectivity index (χ4n) is 2.30. The molecule has 0 spiro atoms. The van der Waals surface area contributed by atoms with Gasteiger partial charge in [0.15, 0.2) is 0 Å². The van der Waals surface area contributed by atoms with E-state index < -0.39 is 0 Å². The highest BCUT2D eigenvalue weighted by atomic mass is 79.9. The first kappa shape index (κ1) is 12.8. The predicted molar refractivity (Wildman–Crippen MR) is 73.1 cm³/mol.